The Morgan fingerprint density at radius 1 is 1.00 bits per heavy atom. The van der Waals surface area contributed by atoms with E-state index in [4.69, 9.17) is 0 Å². The van der Waals surface area contributed by atoms with Crippen LogP contribution in [-0.2, 0) is 6.54 Å². The molecule has 1 fully saturated rings. The van der Waals surface area contributed by atoms with E-state index in [9.17, 15) is 0 Å². The fraction of sp³-hybridized carbons (Fsp3) is 0.300. The summed E-state index contributed by atoms with van der Waals surface area (Å²) < 4.78 is 0. The van der Waals surface area contributed by atoms with E-state index in [1.165, 1.54) is 17.5 Å². The SMILES string of the molecule is CC1CN(Cc2ccccc2)CCC1=Cc1ccccc1. The van der Waals surface area contributed by atoms with Crippen LogP contribution >= 0.6 is 0 Å². The fourth-order valence-electron chi connectivity index (χ4n) is 3.09. The largest absolute Gasteiger partial charge is 0.298 e. The van der Waals surface area contributed by atoms with Crippen LogP contribution in [0.15, 0.2) is 66.2 Å². The van der Waals surface area contributed by atoms with Crippen LogP contribution in [0, 0.1) is 5.92 Å². The molecule has 0 saturated carbocycles. The molecule has 0 radical (unpaired) electrons. The zero-order valence-corrected chi connectivity index (χ0v) is 12.7. The third-order valence-corrected chi connectivity index (χ3v) is 4.28. The molecule has 0 aromatic heterocycles. The van der Waals surface area contributed by atoms with Gasteiger partial charge in [0.2, 0.25) is 0 Å². The first-order valence-corrected chi connectivity index (χ1v) is 7.83. The second-order valence-electron chi connectivity index (χ2n) is 6.00. The Bertz CT molecular complexity index is 586. The van der Waals surface area contributed by atoms with Crippen molar-refractivity contribution in [3.63, 3.8) is 0 Å². The van der Waals surface area contributed by atoms with Crippen LogP contribution < -0.4 is 0 Å². The number of benzene rings is 2. The van der Waals surface area contributed by atoms with Gasteiger partial charge in [0.25, 0.3) is 0 Å². The predicted octanol–water partition coefficient (Wildman–Crippen LogP) is 4.61. The molecule has 1 unspecified atom stereocenters. The van der Waals surface area contributed by atoms with Crippen molar-refractivity contribution < 1.29 is 0 Å². The lowest BCUT2D eigenvalue weighted by Gasteiger charge is -2.33. The molecule has 1 heteroatoms. The highest BCUT2D eigenvalue weighted by molar-refractivity contribution is 5.53. The summed E-state index contributed by atoms with van der Waals surface area (Å²) in [6.07, 6.45) is 3.56. The maximum Gasteiger partial charge on any atom is 0.0234 e. The van der Waals surface area contributed by atoms with Gasteiger partial charge in [-0.3, -0.25) is 4.90 Å². The van der Waals surface area contributed by atoms with E-state index in [1.807, 2.05) is 0 Å². The Hall–Kier alpha value is -1.86. The molecule has 1 aliphatic heterocycles. The van der Waals surface area contributed by atoms with Crippen molar-refractivity contribution in [2.24, 2.45) is 5.92 Å². The summed E-state index contributed by atoms with van der Waals surface area (Å²) in [6, 6.07) is 21.5. The molecule has 0 bridgehead atoms. The Morgan fingerprint density at radius 3 is 2.33 bits per heavy atom. The Morgan fingerprint density at radius 2 is 1.67 bits per heavy atom. The molecule has 0 spiro atoms. The maximum absolute atomic E-state index is 2.57. The molecular weight excluding hydrogens is 254 g/mol. The lowest BCUT2D eigenvalue weighted by atomic mass is 9.91. The van der Waals surface area contributed by atoms with Gasteiger partial charge in [0.05, 0.1) is 0 Å². The maximum atomic E-state index is 2.57. The van der Waals surface area contributed by atoms with Crippen LogP contribution in [0.5, 0.6) is 0 Å². The molecule has 0 amide bonds. The van der Waals surface area contributed by atoms with Gasteiger partial charge in [-0.15, -0.1) is 0 Å². The molecule has 0 aliphatic carbocycles. The van der Waals surface area contributed by atoms with Crippen LogP contribution in [0.2, 0.25) is 0 Å². The highest BCUT2D eigenvalue weighted by atomic mass is 15.1. The fourth-order valence-corrected chi connectivity index (χ4v) is 3.09. The molecule has 1 saturated heterocycles. The van der Waals surface area contributed by atoms with Gasteiger partial charge in [-0.05, 0) is 23.5 Å². The molecular formula is C20H23N. The van der Waals surface area contributed by atoms with Gasteiger partial charge in [0, 0.05) is 19.6 Å². The van der Waals surface area contributed by atoms with Gasteiger partial charge >= 0.3 is 0 Å². The highest BCUT2D eigenvalue weighted by Gasteiger charge is 2.20. The Balaban J connectivity index is 1.63. The van der Waals surface area contributed by atoms with E-state index in [0.29, 0.717) is 5.92 Å². The van der Waals surface area contributed by atoms with Crippen LogP contribution in [-0.4, -0.2) is 18.0 Å². The van der Waals surface area contributed by atoms with E-state index < -0.39 is 0 Å². The lowest BCUT2D eigenvalue weighted by Crippen LogP contribution is -2.35. The number of hydrogen-bond donors (Lipinski definition) is 0. The van der Waals surface area contributed by atoms with E-state index >= 15 is 0 Å². The summed E-state index contributed by atoms with van der Waals surface area (Å²) in [7, 11) is 0. The number of piperidine rings is 1. The normalized spacial score (nSPS) is 21.6. The van der Waals surface area contributed by atoms with E-state index in [0.717, 1.165) is 19.6 Å². The smallest absolute Gasteiger partial charge is 0.0234 e. The summed E-state index contributed by atoms with van der Waals surface area (Å²) in [5.41, 5.74) is 4.33. The first kappa shape index (κ1) is 14.1. The summed E-state index contributed by atoms with van der Waals surface area (Å²) in [5.74, 6) is 0.641. The first-order valence-electron chi connectivity index (χ1n) is 7.83. The first-order chi connectivity index (χ1) is 10.3. The standard InChI is InChI=1S/C20H23N/c1-17-15-21(16-19-10-6-3-7-11-19)13-12-20(17)14-18-8-4-2-5-9-18/h2-11,14,17H,12-13,15-16H2,1H3. The predicted molar refractivity (Wildman–Crippen MR) is 89.9 cm³/mol. The molecule has 1 nitrogen and oxygen atoms in total. The summed E-state index contributed by atoms with van der Waals surface area (Å²) in [4.78, 5) is 2.57. The van der Waals surface area contributed by atoms with E-state index in [-0.39, 0.29) is 0 Å². The van der Waals surface area contributed by atoms with Crippen molar-refractivity contribution in [3.8, 4) is 0 Å². The second kappa shape index (κ2) is 6.73. The summed E-state index contributed by atoms with van der Waals surface area (Å²) in [6.45, 7) is 5.75. The van der Waals surface area contributed by atoms with Crippen molar-refractivity contribution in [2.45, 2.75) is 19.9 Å². The summed E-state index contributed by atoms with van der Waals surface area (Å²) in [5, 5.41) is 0. The number of nitrogens with zero attached hydrogens (tertiary/aromatic N) is 1. The van der Waals surface area contributed by atoms with Gasteiger partial charge in [0.15, 0.2) is 0 Å². The van der Waals surface area contributed by atoms with Gasteiger partial charge in [-0.25, -0.2) is 0 Å². The average molecular weight is 277 g/mol. The Kier molecular flexibility index (Phi) is 4.52. The van der Waals surface area contributed by atoms with Crippen molar-refractivity contribution >= 4 is 6.08 Å². The van der Waals surface area contributed by atoms with Crippen LogP contribution in [0.4, 0.5) is 0 Å². The van der Waals surface area contributed by atoms with Crippen molar-refractivity contribution in [2.75, 3.05) is 13.1 Å². The zero-order chi connectivity index (χ0) is 14.5. The number of rotatable bonds is 3. The van der Waals surface area contributed by atoms with E-state index in [2.05, 4.69) is 78.6 Å². The topological polar surface area (TPSA) is 3.24 Å². The second-order valence-corrected chi connectivity index (χ2v) is 6.00. The van der Waals surface area contributed by atoms with Gasteiger partial charge in [-0.1, -0.05) is 79.2 Å². The molecule has 3 rings (SSSR count). The molecule has 0 N–H and O–H groups in total. The molecule has 1 aliphatic rings. The minimum Gasteiger partial charge on any atom is -0.298 e. The Labute approximate surface area is 127 Å². The number of likely N-dealkylation sites (tertiary alicyclic amines) is 1. The monoisotopic (exact) mass is 277 g/mol. The quantitative estimate of drug-likeness (QED) is 0.791. The van der Waals surface area contributed by atoms with Crippen molar-refractivity contribution in [1.29, 1.82) is 0 Å². The van der Waals surface area contributed by atoms with Crippen molar-refractivity contribution in [3.05, 3.63) is 77.4 Å². The summed E-state index contributed by atoms with van der Waals surface area (Å²) >= 11 is 0. The molecule has 2 aromatic carbocycles. The van der Waals surface area contributed by atoms with Crippen LogP contribution in [0.25, 0.3) is 6.08 Å². The average Bonchev–Trinajstić information content (AvgIpc) is 2.52. The van der Waals surface area contributed by atoms with Crippen LogP contribution in [0.3, 0.4) is 0 Å². The lowest BCUT2D eigenvalue weighted by molar-refractivity contribution is 0.214. The minimum atomic E-state index is 0.641. The van der Waals surface area contributed by atoms with Gasteiger partial charge in [-0.2, -0.15) is 0 Å². The third kappa shape index (κ3) is 3.83. The molecule has 21 heavy (non-hydrogen) atoms. The molecule has 2 aromatic rings. The van der Waals surface area contributed by atoms with Crippen molar-refractivity contribution in [1.82, 2.24) is 4.90 Å². The highest BCUT2D eigenvalue weighted by Crippen LogP contribution is 2.25. The van der Waals surface area contributed by atoms with Gasteiger partial charge in [0.1, 0.15) is 0 Å². The van der Waals surface area contributed by atoms with Gasteiger partial charge < -0.3 is 0 Å². The molecule has 1 atom stereocenters. The minimum absolute atomic E-state index is 0.641. The van der Waals surface area contributed by atoms with E-state index in [1.54, 1.807) is 5.57 Å². The third-order valence-electron chi connectivity index (χ3n) is 4.28. The number of hydrogen-bond acceptors (Lipinski definition) is 1. The van der Waals surface area contributed by atoms with Crippen LogP contribution in [0.1, 0.15) is 24.5 Å². The molecule has 108 valence electrons. The zero-order valence-electron chi connectivity index (χ0n) is 12.7. The molecule has 1 heterocycles.